The first-order valence-corrected chi connectivity index (χ1v) is 7.03. The Morgan fingerprint density at radius 3 is 2.48 bits per heavy atom. The maximum atomic E-state index is 13.6. The number of non-ortho nitro benzene ring substituents is 1. The lowest BCUT2D eigenvalue weighted by molar-refractivity contribution is -0.393. The van der Waals surface area contributed by atoms with Crippen molar-refractivity contribution in [2.45, 2.75) is 0 Å². The third-order valence-electron chi connectivity index (χ3n) is 3.05. The van der Waals surface area contributed by atoms with E-state index in [0.29, 0.717) is 0 Å². The number of amides is 1. The molecule has 8 nitrogen and oxygen atoms in total. The minimum Gasteiger partial charge on any atom is -0.317 e. The van der Waals surface area contributed by atoms with Gasteiger partial charge in [0.2, 0.25) is 5.91 Å². The average Bonchev–Trinajstić information content (AvgIpc) is 2.54. The lowest BCUT2D eigenvalue weighted by atomic mass is 10.2. The SMILES string of the molecule is O=C(/C=C/c1c(F)cccc1Cl)Nc1ccc([N+](=O)[O-])cc1[N+](=O)[O-]. The molecule has 0 unspecified atom stereocenters. The van der Waals surface area contributed by atoms with E-state index in [1.54, 1.807) is 0 Å². The third-order valence-corrected chi connectivity index (χ3v) is 3.38. The van der Waals surface area contributed by atoms with Gasteiger partial charge in [-0.3, -0.25) is 25.0 Å². The van der Waals surface area contributed by atoms with Crippen LogP contribution in [-0.4, -0.2) is 15.8 Å². The zero-order valence-electron chi connectivity index (χ0n) is 12.3. The Morgan fingerprint density at radius 1 is 1.16 bits per heavy atom. The maximum absolute atomic E-state index is 13.6. The quantitative estimate of drug-likeness (QED) is 0.489. The molecular formula is C15H9ClFN3O5. The monoisotopic (exact) mass is 365 g/mol. The predicted molar refractivity (Wildman–Crippen MR) is 88.8 cm³/mol. The third kappa shape index (κ3) is 4.36. The lowest BCUT2D eigenvalue weighted by Gasteiger charge is -2.04. The smallest absolute Gasteiger partial charge is 0.299 e. The molecule has 2 aromatic rings. The molecule has 0 aliphatic rings. The highest BCUT2D eigenvalue weighted by Crippen LogP contribution is 2.29. The molecule has 0 aromatic heterocycles. The Kier molecular flexibility index (Phi) is 5.40. The summed E-state index contributed by atoms with van der Waals surface area (Å²) < 4.78 is 13.6. The Labute approximate surface area is 144 Å². The van der Waals surface area contributed by atoms with Crippen molar-refractivity contribution in [2.75, 3.05) is 5.32 Å². The highest BCUT2D eigenvalue weighted by Gasteiger charge is 2.20. The van der Waals surface area contributed by atoms with Crippen LogP contribution in [0.3, 0.4) is 0 Å². The van der Waals surface area contributed by atoms with E-state index in [1.165, 1.54) is 12.1 Å². The van der Waals surface area contributed by atoms with Gasteiger partial charge in [0, 0.05) is 17.7 Å². The van der Waals surface area contributed by atoms with Crippen molar-refractivity contribution in [2.24, 2.45) is 0 Å². The summed E-state index contributed by atoms with van der Waals surface area (Å²) in [6.07, 6.45) is 2.06. The average molecular weight is 366 g/mol. The van der Waals surface area contributed by atoms with Gasteiger partial charge < -0.3 is 5.32 Å². The molecule has 0 heterocycles. The first-order valence-electron chi connectivity index (χ1n) is 6.65. The number of benzene rings is 2. The number of carbonyl (C=O) groups is 1. The first-order chi connectivity index (χ1) is 11.8. The van der Waals surface area contributed by atoms with Gasteiger partial charge in [-0.2, -0.15) is 0 Å². The maximum Gasteiger partial charge on any atom is 0.299 e. The topological polar surface area (TPSA) is 115 Å². The second-order valence-electron chi connectivity index (χ2n) is 4.67. The van der Waals surface area contributed by atoms with Crippen LogP contribution in [0.4, 0.5) is 21.5 Å². The molecule has 0 fully saturated rings. The van der Waals surface area contributed by atoms with Crippen molar-refractivity contribution in [3.05, 3.63) is 79.1 Å². The van der Waals surface area contributed by atoms with Crippen molar-refractivity contribution in [3.63, 3.8) is 0 Å². The van der Waals surface area contributed by atoms with Gasteiger partial charge in [0.25, 0.3) is 11.4 Å². The van der Waals surface area contributed by atoms with Gasteiger partial charge in [0.1, 0.15) is 11.5 Å². The van der Waals surface area contributed by atoms with Crippen LogP contribution in [0.5, 0.6) is 0 Å². The molecule has 0 saturated carbocycles. The van der Waals surface area contributed by atoms with Crippen molar-refractivity contribution in [3.8, 4) is 0 Å². The summed E-state index contributed by atoms with van der Waals surface area (Å²) >= 11 is 5.81. The Hall–Kier alpha value is -3.33. The van der Waals surface area contributed by atoms with Crippen LogP contribution in [0, 0.1) is 26.0 Å². The molecule has 0 radical (unpaired) electrons. The Balaban J connectivity index is 2.24. The van der Waals surface area contributed by atoms with E-state index in [9.17, 15) is 29.4 Å². The summed E-state index contributed by atoms with van der Waals surface area (Å²) in [6.45, 7) is 0. The summed E-state index contributed by atoms with van der Waals surface area (Å²) in [6, 6.07) is 6.77. The molecule has 0 atom stereocenters. The van der Waals surface area contributed by atoms with Gasteiger partial charge in [0.05, 0.1) is 20.9 Å². The number of nitro groups is 2. The molecule has 0 aliphatic carbocycles. The van der Waals surface area contributed by atoms with Gasteiger partial charge in [-0.15, -0.1) is 0 Å². The lowest BCUT2D eigenvalue weighted by Crippen LogP contribution is -2.10. The zero-order chi connectivity index (χ0) is 18.6. The number of hydrogen-bond donors (Lipinski definition) is 1. The summed E-state index contributed by atoms with van der Waals surface area (Å²) in [5.41, 5.74) is -1.37. The molecule has 0 aliphatic heterocycles. The number of nitro benzene ring substituents is 2. The van der Waals surface area contributed by atoms with Gasteiger partial charge >= 0.3 is 0 Å². The molecule has 25 heavy (non-hydrogen) atoms. The number of anilines is 1. The minimum atomic E-state index is -0.861. The van der Waals surface area contributed by atoms with Gasteiger partial charge in [-0.05, 0) is 24.3 Å². The standard InChI is InChI=1S/C15H9ClFN3O5/c16-11-2-1-3-12(17)10(11)5-7-15(21)18-13-6-4-9(19(22)23)8-14(13)20(24)25/h1-8H,(H,18,21)/b7-5+. The molecule has 0 saturated heterocycles. The van der Waals surface area contributed by atoms with Gasteiger partial charge in [0.15, 0.2) is 0 Å². The molecule has 10 heteroatoms. The molecule has 1 N–H and O–H groups in total. The fourth-order valence-electron chi connectivity index (χ4n) is 1.89. The van der Waals surface area contributed by atoms with E-state index < -0.39 is 32.9 Å². The van der Waals surface area contributed by atoms with Crippen molar-refractivity contribution >= 4 is 40.6 Å². The van der Waals surface area contributed by atoms with Crippen LogP contribution in [0.1, 0.15) is 5.56 Å². The highest BCUT2D eigenvalue weighted by molar-refractivity contribution is 6.32. The molecule has 1 amide bonds. The molecule has 2 aromatic carbocycles. The summed E-state index contributed by atoms with van der Waals surface area (Å²) in [4.78, 5) is 31.9. The first kappa shape index (κ1) is 18.0. The Bertz CT molecular complexity index is 880. The second kappa shape index (κ2) is 7.49. The predicted octanol–water partition coefficient (Wildman–Crippen LogP) is 3.95. The van der Waals surface area contributed by atoms with Gasteiger partial charge in [-0.25, -0.2) is 4.39 Å². The number of nitrogens with zero attached hydrogens (tertiary/aromatic N) is 2. The number of carbonyl (C=O) groups excluding carboxylic acids is 1. The molecule has 0 spiro atoms. The van der Waals surface area contributed by atoms with Crippen molar-refractivity contribution in [1.29, 1.82) is 0 Å². The van der Waals surface area contributed by atoms with E-state index >= 15 is 0 Å². The fraction of sp³-hybridized carbons (Fsp3) is 0. The summed E-state index contributed by atoms with van der Waals surface area (Å²) in [5.74, 6) is -1.44. The van der Waals surface area contributed by atoms with Crippen molar-refractivity contribution in [1.82, 2.24) is 0 Å². The fourth-order valence-corrected chi connectivity index (χ4v) is 2.12. The number of rotatable bonds is 5. The molecule has 2 rings (SSSR count). The number of nitrogens with one attached hydrogen (secondary N) is 1. The number of halogens is 2. The van der Waals surface area contributed by atoms with Crippen molar-refractivity contribution < 1.29 is 19.0 Å². The van der Waals surface area contributed by atoms with E-state index in [4.69, 9.17) is 11.6 Å². The van der Waals surface area contributed by atoms with Gasteiger partial charge in [-0.1, -0.05) is 17.7 Å². The summed E-state index contributed by atoms with van der Waals surface area (Å²) in [7, 11) is 0. The van der Waals surface area contributed by atoms with E-state index in [-0.39, 0.29) is 16.3 Å². The molecule has 0 bridgehead atoms. The number of hydrogen-bond acceptors (Lipinski definition) is 5. The normalized spacial score (nSPS) is 10.6. The molecule has 128 valence electrons. The van der Waals surface area contributed by atoms with E-state index in [2.05, 4.69) is 5.32 Å². The Morgan fingerprint density at radius 2 is 1.88 bits per heavy atom. The van der Waals surface area contributed by atoms with Crippen LogP contribution >= 0.6 is 11.6 Å². The van der Waals surface area contributed by atoms with E-state index in [0.717, 1.165) is 36.4 Å². The van der Waals surface area contributed by atoms with Crippen LogP contribution in [0.15, 0.2) is 42.5 Å². The van der Waals surface area contributed by atoms with E-state index in [1.807, 2.05) is 0 Å². The second-order valence-corrected chi connectivity index (χ2v) is 5.08. The zero-order valence-corrected chi connectivity index (χ0v) is 13.1. The minimum absolute atomic E-state index is 0.0162. The highest BCUT2D eigenvalue weighted by atomic mass is 35.5. The largest absolute Gasteiger partial charge is 0.317 e. The van der Waals surface area contributed by atoms with Crippen LogP contribution in [0.25, 0.3) is 6.08 Å². The van der Waals surface area contributed by atoms with Crippen LogP contribution in [0.2, 0.25) is 5.02 Å². The van der Waals surface area contributed by atoms with Crippen LogP contribution in [-0.2, 0) is 4.79 Å². The molecular weight excluding hydrogens is 357 g/mol. The van der Waals surface area contributed by atoms with Crippen LogP contribution < -0.4 is 5.32 Å². The summed E-state index contributed by atoms with van der Waals surface area (Å²) in [5, 5.41) is 24.0.